The maximum atomic E-state index is 12.4. The highest BCUT2D eigenvalue weighted by Crippen LogP contribution is 2.16. The summed E-state index contributed by atoms with van der Waals surface area (Å²) >= 11 is 0. The Hall–Kier alpha value is -1.83. The lowest BCUT2D eigenvalue weighted by Crippen LogP contribution is -2.40. The number of piperidine rings is 1. The van der Waals surface area contributed by atoms with E-state index in [1.165, 1.54) is 0 Å². The number of likely N-dealkylation sites (tertiary alicyclic amines) is 1. The van der Waals surface area contributed by atoms with Gasteiger partial charge in [0, 0.05) is 30.8 Å². The maximum absolute atomic E-state index is 12.4. The van der Waals surface area contributed by atoms with Crippen molar-refractivity contribution in [2.75, 3.05) is 26.2 Å². The summed E-state index contributed by atoms with van der Waals surface area (Å²) in [5, 5.41) is 0. The number of nitrogens with zero attached hydrogens (tertiary/aromatic N) is 1. The Bertz CT molecular complexity index is 520. The fraction of sp³-hybridized carbons (Fsp3) is 0.471. The number of carbonyl (C=O) groups excluding carboxylic acids is 1. The minimum atomic E-state index is 0.0864. The van der Waals surface area contributed by atoms with Gasteiger partial charge in [-0.25, -0.2) is 0 Å². The van der Waals surface area contributed by atoms with Crippen molar-refractivity contribution in [3.63, 3.8) is 0 Å². The fourth-order valence-electron chi connectivity index (χ4n) is 2.49. The normalized spacial score (nSPS) is 15.4. The molecule has 1 aliphatic rings. The Morgan fingerprint density at radius 3 is 2.57 bits per heavy atom. The summed E-state index contributed by atoms with van der Waals surface area (Å²) in [6, 6.07) is 7.39. The van der Waals surface area contributed by atoms with Gasteiger partial charge < -0.3 is 15.4 Å². The Balaban J connectivity index is 1.94. The second-order valence-electron chi connectivity index (χ2n) is 5.03. The molecule has 4 heteroatoms. The SMILES string of the molecule is CCOC1CCN(C(=O)c2ccc(C#CCN)cc2)CC1. The topological polar surface area (TPSA) is 55.6 Å². The van der Waals surface area contributed by atoms with Gasteiger partial charge in [-0.3, -0.25) is 4.79 Å². The zero-order chi connectivity index (χ0) is 15.1. The van der Waals surface area contributed by atoms with Crippen LogP contribution in [0.25, 0.3) is 0 Å². The van der Waals surface area contributed by atoms with Gasteiger partial charge in [0.2, 0.25) is 0 Å². The molecule has 1 fully saturated rings. The van der Waals surface area contributed by atoms with Crippen LogP contribution in [0.3, 0.4) is 0 Å². The van der Waals surface area contributed by atoms with Crippen molar-refractivity contribution in [3.8, 4) is 11.8 Å². The predicted molar refractivity (Wildman–Crippen MR) is 82.9 cm³/mol. The van der Waals surface area contributed by atoms with Crippen molar-refractivity contribution in [2.24, 2.45) is 5.73 Å². The van der Waals surface area contributed by atoms with Crippen LogP contribution in [0.2, 0.25) is 0 Å². The van der Waals surface area contributed by atoms with Gasteiger partial charge in [-0.2, -0.15) is 0 Å². The van der Waals surface area contributed by atoms with Crippen molar-refractivity contribution in [3.05, 3.63) is 35.4 Å². The molecule has 1 amide bonds. The summed E-state index contributed by atoms with van der Waals surface area (Å²) in [6.07, 6.45) is 2.13. The molecule has 2 N–H and O–H groups in total. The number of hydrogen-bond acceptors (Lipinski definition) is 3. The van der Waals surface area contributed by atoms with Crippen LogP contribution in [0.5, 0.6) is 0 Å². The smallest absolute Gasteiger partial charge is 0.253 e. The van der Waals surface area contributed by atoms with Gasteiger partial charge in [0.25, 0.3) is 5.91 Å². The molecule has 1 heterocycles. The van der Waals surface area contributed by atoms with Gasteiger partial charge in [-0.05, 0) is 44.0 Å². The summed E-state index contributed by atoms with van der Waals surface area (Å²) in [6.45, 7) is 4.61. The van der Waals surface area contributed by atoms with E-state index in [4.69, 9.17) is 10.5 Å². The van der Waals surface area contributed by atoms with E-state index in [2.05, 4.69) is 11.8 Å². The number of hydrogen-bond donors (Lipinski definition) is 1. The number of amides is 1. The number of benzene rings is 1. The van der Waals surface area contributed by atoms with Gasteiger partial charge in [-0.15, -0.1) is 0 Å². The van der Waals surface area contributed by atoms with Crippen molar-refractivity contribution >= 4 is 5.91 Å². The van der Waals surface area contributed by atoms with Crippen LogP contribution in [0, 0.1) is 11.8 Å². The minimum Gasteiger partial charge on any atom is -0.378 e. The van der Waals surface area contributed by atoms with Crippen molar-refractivity contribution < 1.29 is 9.53 Å². The second-order valence-corrected chi connectivity index (χ2v) is 5.03. The number of ether oxygens (including phenoxy) is 1. The molecule has 2 rings (SSSR count). The van der Waals surface area contributed by atoms with Crippen LogP contribution < -0.4 is 5.73 Å². The first-order chi connectivity index (χ1) is 10.2. The molecule has 21 heavy (non-hydrogen) atoms. The summed E-state index contributed by atoms with van der Waals surface area (Å²) < 4.78 is 5.61. The first-order valence-corrected chi connectivity index (χ1v) is 7.44. The Labute approximate surface area is 126 Å². The van der Waals surface area contributed by atoms with Crippen molar-refractivity contribution in [1.82, 2.24) is 4.90 Å². The first-order valence-electron chi connectivity index (χ1n) is 7.44. The van der Waals surface area contributed by atoms with Gasteiger partial charge >= 0.3 is 0 Å². The zero-order valence-electron chi connectivity index (χ0n) is 12.5. The van der Waals surface area contributed by atoms with E-state index in [0.29, 0.717) is 18.2 Å². The highest BCUT2D eigenvalue weighted by molar-refractivity contribution is 5.94. The van der Waals surface area contributed by atoms with Crippen LogP contribution in [-0.4, -0.2) is 43.2 Å². The van der Waals surface area contributed by atoms with E-state index < -0.39 is 0 Å². The van der Waals surface area contributed by atoms with Crippen LogP contribution in [-0.2, 0) is 4.74 Å². The third-order valence-electron chi connectivity index (χ3n) is 3.60. The average Bonchev–Trinajstić information content (AvgIpc) is 2.54. The molecule has 0 unspecified atom stereocenters. The molecular formula is C17H22N2O2. The average molecular weight is 286 g/mol. The molecule has 0 saturated carbocycles. The molecule has 1 saturated heterocycles. The highest BCUT2D eigenvalue weighted by Gasteiger charge is 2.23. The molecule has 1 aromatic rings. The molecule has 0 atom stereocenters. The van der Waals surface area contributed by atoms with Gasteiger partial charge in [0.15, 0.2) is 0 Å². The standard InChI is InChI=1S/C17H22N2O2/c1-2-21-16-9-12-19(13-10-16)17(20)15-7-5-14(6-8-15)4-3-11-18/h5-8,16H,2,9-13,18H2,1H3. The van der Waals surface area contributed by atoms with Gasteiger partial charge in [0.05, 0.1) is 12.6 Å². The Kier molecular flexibility index (Phi) is 5.79. The number of carbonyl (C=O) groups is 1. The molecule has 0 aliphatic carbocycles. The number of nitrogens with two attached hydrogens (primary N) is 1. The van der Waals surface area contributed by atoms with E-state index in [-0.39, 0.29) is 5.91 Å². The quantitative estimate of drug-likeness (QED) is 0.859. The molecule has 4 nitrogen and oxygen atoms in total. The Morgan fingerprint density at radius 2 is 2.00 bits per heavy atom. The molecule has 0 spiro atoms. The Morgan fingerprint density at radius 1 is 1.33 bits per heavy atom. The molecule has 1 aromatic carbocycles. The molecule has 0 aromatic heterocycles. The molecule has 1 aliphatic heterocycles. The largest absolute Gasteiger partial charge is 0.378 e. The maximum Gasteiger partial charge on any atom is 0.253 e. The van der Waals surface area contributed by atoms with Crippen LogP contribution in [0.4, 0.5) is 0 Å². The van der Waals surface area contributed by atoms with Crippen LogP contribution >= 0.6 is 0 Å². The van der Waals surface area contributed by atoms with E-state index in [0.717, 1.165) is 38.1 Å². The van der Waals surface area contributed by atoms with E-state index in [9.17, 15) is 4.79 Å². The summed E-state index contributed by atoms with van der Waals surface area (Å²) in [7, 11) is 0. The molecule has 0 radical (unpaired) electrons. The summed E-state index contributed by atoms with van der Waals surface area (Å²) in [4.78, 5) is 14.3. The van der Waals surface area contributed by atoms with Gasteiger partial charge in [-0.1, -0.05) is 11.8 Å². The third-order valence-corrected chi connectivity index (χ3v) is 3.60. The van der Waals surface area contributed by atoms with E-state index in [1.54, 1.807) is 0 Å². The monoisotopic (exact) mass is 286 g/mol. The molecular weight excluding hydrogens is 264 g/mol. The molecule has 112 valence electrons. The number of rotatable bonds is 3. The lowest BCUT2D eigenvalue weighted by molar-refractivity contribution is 0.0146. The zero-order valence-corrected chi connectivity index (χ0v) is 12.5. The summed E-state index contributed by atoms with van der Waals surface area (Å²) in [5.41, 5.74) is 6.93. The van der Waals surface area contributed by atoms with E-state index in [1.807, 2.05) is 36.1 Å². The minimum absolute atomic E-state index is 0.0864. The lowest BCUT2D eigenvalue weighted by atomic mass is 10.1. The predicted octanol–water partition coefficient (Wildman–Crippen LogP) is 1.64. The van der Waals surface area contributed by atoms with Crippen LogP contribution in [0.1, 0.15) is 35.7 Å². The lowest BCUT2D eigenvalue weighted by Gasteiger charge is -2.31. The first kappa shape index (κ1) is 15.6. The second kappa shape index (κ2) is 7.82. The molecule has 0 bridgehead atoms. The van der Waals surface area contributed by atoms with Crippen LogP contribution in [0.15, 0.2) is 24.3 Å². The summed E-state index contributed by atoms with van der Waals surface area (Å²) in [5.74, 6) is 5.84. The highest BCUT2D eigenvalue weighted by atomic mass is 16.5. The van der Waals surface area contributed by atoms with Crippen molar-refractivity contribution in [2.45, 2.75) is 25.9 Å². The fourth-order valence-corrected chi connectivity index (χ4v) is 2.49. The third kappa shape index (κ3) is 4.32. The van der Waals surface area contributed by atoms with E-state index >= 15 is 0 Å². The van der Waals surface area contributed by atoms with Crippen molar-refractivity contribution in [1.29, 1.82) is 0 Å². The van der Waals surface area contributed by atoms with Gasteiger partial charge in [0.1, 0.15) is 0 Å².